The molecule has 0 bridgehead atoms. The van der Waals surface area contributed by atoms with Gasteiger partial charge in [-0.2, -0.15) is 0 Å². The zero-order chi connectivity index (χ0) is 13.4. The van der Waals surface area contributed by atoms with Gasteiger partial charge in [-0.25, -0.2) is 0 Å². The smallest absolute Gasteiger partial charge is 0.111 e. The SMILES string of the molecule is c1ccc(C2C3=NCCN3CCc3ccccc32)cc1. The lowest BCUT2D eigenvalue weighted by Crippen LogP contribution is -2.31. The first kappa shape index (κ1) is 11.7. The van der Waals surface area contributed by atoms with Gasteiger partial charge in [-0.05, 0) is 23.1 Å². The Hall–Kier alpha value is -2.09. The van der Waals surface area contributed by atoms with Gasteiger partial charge in [-0.1, -0.05) is 54.6 Å². The fourth-order valence-electron chi connectivity index (χ4n) is 3.41. The number of amidine groups is 1. The predicted molar refractivity (Wildman–Crippen MR) is 82.3 cm³/mol. The summed E-state index contributed by atoms with van der Waals surface area (Å²) in [5.74, 6) is 1.57. The molecule has 2 nitrogen and oxygen atoms in total. The minimum absolute atomic E-state index is 0.303. The molecule has 0 radical (unpaired) electrons. The van der Waals surface area contributed by atoms with Gasteiger partial charge in [0.15, 0.2) is 0 Å². The van der Waals surface area contributed by atoms with Crippen LogP contribution in [0, 0.1) is 0 Å². The molecule has 0 aromatic heterocycles. The van der Waals surface area contributed by atoms with E-state index in [1.54, 1.807) is 0 Å². The van der Waals surface area contributed by atoms with E-state index >= 15 is 0 Å². The minimum Gasteiger partial charge on any atom is -0.357 e. The van der Waals surface area contributed by atoms with Crippen molar-refractivity contribution in [2.24, 2.45) is 4.99 Å². The third-order valence-corrected chi connectivity index (χ3v) is 4.38. The molecule has 100 valence electrons. The Morgan fingerprint density at radius 2 is 1.70 bits per heavy atom. The van der Waals surface area contributed by atoms with Crippen LogP contribution in [-0.4, -0.2) is 30.4 Å². The van der Waals surface area contributed by atoms with Crippen molar-refractivity contribution in [2.75, 3.05) is 19.6 Å². The van der Waals surface area contributed by atoms with E-state index in [2.05, 4.69) is 59.5 Å². The Morgan fingerprint density at radius 3 is 2.60 bits per heavy atom. The highest BCUT2D eigenvalue weighted by Crippen LogP contribution is 2.34. The number of fused-ring (bicyclic) bond motifs is 2. The molecule has 2 heteroatoms. The molecule has 2 aromatic rings. The molecular weight excluding hydrogens is 244 g/mol. The number of hydrogen-bond acceptors (Lipinski definition) is 2. The first-order chi connectivity index (χ1) is 9.93. The van der Waals surface area contributed by atoms with Crippen molar-refractivity contribution in [1.82, 2.24) is 4.90 Å². The number of aliphatic imine (C=N–C) groups is 1. The Bertz CT molecular complexity index is 645. The Morgan fingerprint density at radius 1 is 0.900 bits per heavy atom. The Kier molecular flexibility index (Phi) is 2.80. The van der Waals surface area contributed by atoms with Gasteiger partial charge in [-0.3, -0.25) is 4.99 Å². The van der Waals surface area contributed by atoms with Crippen molar-refractivity contribution >= 4 is 5.84 Å². The predicted octanol–water partition coefficient (Wildman–Crippen LogP) is 3.09. The maximum atomic E-state index is 4.82. The third-order valence-electron chi connectivity index (χ3n) is 4.38. The lowest BCUT2D eigenvalue weighted by molar-refractivity contribution is 0.458. The molecule has 1 atom stereocenters. The fourth-order valence-corrected chi connectivity index (χ4v) is 3.41. The van der Waals surface area contributed by atoms with E-state index in [9.17, 15) is 0 Å². The summed E-state index contributed by atoms with van der Waals surface area (Å²) in [4.78, 5) is 7.29. The van der Waals surface area contributed by atoms with Crippen LogP contribution in [0.5, 0.6) is 0 Å². The number of nitrogens with zero attached hydrogens (tertiary/aromatic N) is 2. The van der Waals surface area contributed by atoms with Crippen LogP contribution in [0.25, 0.3) is 0 Å². The molecule has 2 aliphatic heterocycles. The van der Waals surface area contributed by atoms with Crippen LogP contribution >= 0.6 is 0 Å². The van der Waals surface area contributed by atoms with Gasteiger partial charge in [0.05, 0.1) is 12.5 Å². The van der Waals surface area contributed by atoms with Crippen molar-refractivity contribution in [3.63, 3.8) is 0 Å². The van der Waals surface area contributed by atoms with Crippen LogP contribution in [0.4, 0.5) is 0 Å². The molecule has 20 heavy (non-hydrogen) atoms. The molecule has 0 saturated carbocycles. The van der Waals surface area contributed by atoms with Crippen LogP contribution in [0.3, 0.4) is 0 Å². The molecule has 0 N–H and O–H groups in total. The van der Waals surface area contributed by atoms with E-state index in [1.807, 2.05) is 0 Å². The summed E-state index contributed by atoms with van der Waals surface area (Å²) in [7, 11) is 0. The Balaban J connectivity index is 1.91. The summed E-state index contributed by atoms with van der Waals surface area (Å²) in [6.07, 6.45) is 1.12. The zero-order valence-electron chi connectivity index (χ0n) is 11.5. The minimum atomic E-state index is 0.303. The van der Waals surface area contributed by atoms with Gasteiger partial charge in [0.1, 0.15) is 5.84 Å². The largest absolute Gasteiger partial charge is 0.357 e. The summed E-state index contributed by atoms with van der Waals surface area (Å²) in [5, 5.41) is 0. The molecule has 2 heterocycles. The van der Waals surface area contributed by atoms with Crippen LogP contribution in [-0.2, 0) is 6.42 Å². The molecule has 2 aromatic carbocycles. The second-order valence-electron chi connectivity index (χ2n) is 5.52. The maximum Gasteiger partial charge on any atom is 0.111 e. The summed E-state index contributed by atoms with van der Waals surface area (Å²) in [6.45, 7) is 3.12. The van der Waals surface area contributed by atoms with Gasteiger partial charge >= 0.3 is 0 Å². The molecule has 4 rings (SSSR count). The second-order valence-corrected chi connectivity index (χ2v) is 5.52. The van der Waals surface area contributed by atoms with E-state index in [0.29, 0.717) is 5.92 Å². The monoisotopic (exact) mass is 262 g/mol. The second kappa shape index (κ2) is 4.78. The third kappa shape index (κ3) is 1.83. The first-order valence-electron chi connectivity index (χ1n) is 7.35. The molecule has 0 amide bonds. The normalized spacial score (nSPS) is 20.9. The lowest BCUT2D eigenvalue weighted by atomic mass is 9.87. The van der Waals surface area contributed by atoms with Gasteiger partial charge in [0.2, 0.25) is 0 Å². The van der Waals surface area contributed by atoms with Crippen molar-refractivity contribution in [3.05, 3.63) is 71.3 Å². The van der Waals surface area contributed by atoms with Crippen LogP contribution in [0.1, 0.15) is 22.6 Å². The summed E-state index contributed by atoms with van der Waals surface area (Å²) >= 11 is 0. The standard InChI is InChI=1S/C18H18N2/c1-2-7-15(8-3-1)17-16-9-5-4-6-14(16)10-12-20-13-11-19-18(17)20/h1-9,17H,10-13H2. The fraction of sp³-hybridized carbons (Fsp3) is 0.278. The van der Waals surface area contributed by atoms with E-state index in [1.165, 1.54) is 22.5 Å². The van der Waals surface area contributed by atoms with Crippen LogP contribution in [0.15, 0.2) is 59.6 Å². The van der Waals surface area contributed by atoms with Crippen molar-refractivity contribution < 1.29 is 0 Å². The van der Waals surface area contributed by atoms with Crippen molar-refractivity contribution in [1.29, 1.82) is 0 Å². The summed E-state index contributed by atoms with van der Waals surface area (Å²) < 4.78 is 0. The molecule has 0 spiro atoms. The highest BCUT2D eigenvalue weighted by molar-refractivity contribution is 5.94. The van der Waals surface area contributed by atoms with Gasteiger partial charge in [0.25, 0.3) is 0 Å². The van der Waals surface area contributed by atoms with E-state index in [0.717, 1.165) is 26.1 Å². The van der Waals surface area contributed by atoms with Crippen molar-refractivity contribution in [2.45, 2.75) is 12.3 Å². The molecule has 1 unspecified atom stereocenters. The van der Waals surface area contributed by atoms with Crippen LogP contribution < -0.4 is 0 Å². The average Bonchev–Trinajstić information content (AvgIpc) is 2.90. The van der Waals surface area contributed by atoms with E-state index < -0.39 is 0 Å². The van der Waals surface area contributed by atoms with Gasteiger partial charge in [0, 0.05) is 13.1 Å². The Labute approximate surface area is 119 Å². The highest BCUT2D eigenvalue weighted by Gasteiger charge is 2.31. The molecule has 0 saturated heterocycles. The molecule has 2 aliphatic rings. The van der Waals surface area contributed by atoms with E-state index in [4.69, 9.17) is 4.99 Å². The van der Waals surface area contributed by atoms with E-state index in [-0.39, 0.29) is 0 Å². The van der Waals surface area contributed by atoms with Gasteiger partial charge < -0.3 is 4.90 Å². The zero-order valence-corrected chi connectivity index (χ0v) is 11.5. The molecular formula is C18H18N2. The number of rotatable bonds is 1. The summed E-state index contributed by atoms with van der Waals surface area (Å²) in [5.41, 5.74) is 4.26. The summed E-state index contributed by atoms with van der Waals surface area (Å²) in [6, 6.07) is 19.6. The molecule has 0 fully saturated rings. The maximum absolute atomic E-state index is 4.82. The number of benzene rings is 2. The van der Waals surface area contributed by atoms with Gasteiger partial charge in [-0.15, -0.1) is 0 Å². The van der Waals surface area contributed by atoms with Crippen LogP contribution in [0.2, 0.25) is 0 Å². The highest BCUT2D eigenvalue weighted by atomic mass is 15.2. The first-order valence-corrected chi connectivity index (χ1v) is 7.35. The molecule has 0 aliphatic carbocycles. The van der Waals surface area contributed by atoms with Crippen molar-refractivity contribution in [3.8, 4) is 0 Å². The quantitative estimate of drug-likeness (QED) is 0.771. The average molecular weight is 262 g/mol. The number of hydrogen-bond donors (Lipinski definition) is 0. The topological polar surface area (TPSA) is 15.6 Å². The lowest BCUT2D eigenvalue weighted by Gasteiger charge is -2.24.